The van der Waals surface area contributed by atoms with Crippen LogP contribution in [0.5, 0.6) is 0 Å². The minimum absolute atomic E-state index is 0.0408. The molecule has 1 aromatic heterocycles. The van der Waals surface area contributed by atoms with Crippen LogP contribution in [0, 0.1) is 6.92 Å². The maximum atomic E-state index is 12.9. The van der Waals surface area contributed by atoms with Gasteiger partial charge in [-0.25, -0.2) is 4.98 Å². The number of piperidine rings is 1. The van der Waals surface area contributed by atoms with Gasteiger partial charge in [0, 0.05) is 32.4 Å². The summed E-state index contributed by atoms with van der Waals surface area (Å²) in [5.74, 6) is 0.895. The fraction of sp³-hybridized carbons (Fsp3) is 0.556. The van der Waals surface area contributed by atoms with Gasteiger partial charge >= 0.3 is 0 Å². The zero-order valence-corrected chi connectivity index (χ0v) is 14.2. The summed E-state index contributed by atoms with van der Waals surface area (Å²) in [6.45, 7) is 3.99. The van der Waals surface area contributed by atoms with Crippen molar-refractivity contribution < 1.29 is 14.3 Å². The summed E-state index contributed by atoms with van der Waals surface area (Å²) in [5.41, 5.74) is 2.27. The van der Waals surface area contributed by atoms with Crippen molar-refractivity contribution in [1.29, 1.82) is 0 Å². The number of hydrogen-bond donors (Lipinski definition) is 1. The van der Waals surface area contributed by atoms with Crippen LogP contribution in [0.1, 0.15) is 35.4 Å². The Morgan fingerprint density at radius 1 is 1.46 bits per heavy atom. The molecule has 1 amide bonds. The average Bonchev–Trinajstić information content (AvgIpc) is 3.20. The largest absolute Gasteiger partial charge is 0.377 e. The molecule has 1 N–H and O–H groups in total. The first kappa shape index (κ1) is 15.6. The number of aromatic nitrogens is 2. The Morgan fingerprint density at radius 2 is 2.33 bits per heavy atom. The number of nitrogens with one attached hydrogen (secondary N) is 1. The fourth-order valence-electron chi connectivity index (χ4n) is 4.04. The normalized spacial score (nSPS) is 27.2. The SMILES string of the molecule is CO[C@H]1CN(C(=O)c2ccc3nc(C)[nH]c3c2)CC[C@@]12CCCO2. The van der Waals surface area contributed by atoms with E-state index in [1.165, 1.54) is 0 Å². The molecule has 6 heteroatoms. The Hall–Kier alpha value is -1.92. The van der Waals surface area contributed by atoms with Gasteiger partial charge in [0.1, 0.15) is 11.9 Å². The van der Waals surface area contributed by atoms with E-state index in [1.807, 2.05) is 30.0 Å². The summed E-state index contributed by atoms with van der Waals surface area (Å²) in [6.07, 6.45) is 2.87. The summed E-state index contributed by atoms with van der Waals surface area (Å²) >= 11 is 0. The molecule has 2 saturated heterocycles. The van der Waals surface area contributed by atoms with Crippen molar-refractivity contribution in [1.82, 2.24) is 14.9 Å². The van der Waals surface area contributed by atoms with Gasteiger partial charge in [0.15, 0.2) is 0 Å². The molecule has 1 spiro atoms. The van der Waals surface area contributed by atoms with Gasteiger partial charge < -0.3 is 19.4 Å². The van der Waals surface area contributed by atoms with Crippen LogP contribution in [0.3, 0.4) is 0 Å². The summed E-state index contributed by atoms with van der Waals surface area (Å²) in [6, 6.07) is 5.63. The summed E-state index contributed by atoms with van der Waals surface area (Å²) in [7, 11) is 1.71. The van der Waals surface area contributed by atoms with Crippen LogP contribution in [-0.2, 0) is 9.47 Å². The second-order valence-corrected chi connectivity index (χ2v) is 6.80. The zero-order chi connectivity index (χ0) is 16.7. The van der Waals surface area contributed by atoms with Crippen LogP contribution in [-0.4, -0.2) is 59.3 Å². The highest BCUT2D eigenvalue weighted by Crippen LogP contribution is 2.37. The number of amides is 1. The number of H-pyrrole nitrogens is 1. The smallest absolute Gasteiger partial charge is 0.254 e. The van der Waals surface area contributed by atoms with Gasteiger partial charge in [0.2, 0.25) is 0 Å². The van der Waals surface area contributed by atoms with E-state index in [0.717, 1.165) is 42.7 Å². The number of likely N-dealkylation sites (tertiary alicyclic amines) is 1. The number of rotatable bonds is 2. The Morgan fingerprint density at radius 3 is 3.08 bits per heavy atom. The molecule has 0 radical (unpaired) electrons. The van der Waals surface area contributed by atoms with Crippen molar-refractivity contribution in [3.05, 3.63) is 29.6 Å². The molecule has 0 aliphatic carbocycles. The van der Waals surface area contributed by atoms with Crippen LogP contribution < -0.4 is 0 Å². The lowest BCUT2D eigenvalue weighted by Crippen LogP contribution is -2.57. The monoisotopic (exact) mass is 329 g/mol. The molecule has 2 atom stereocenters. The van der Waals surface area contributed by atoms with Gasteiger partial charge in [0.25, 0.3) is 5.91 Å². The van der Waals surface area contributed by atoms with Crippen LogP contribution >= 0.6 is 0 Å². The molecule has 0 unspecified atom stereocenters. The third-order valence-electron chi connectivity index (χ3n) is 5.33. The second-order valence-electron chi connectivity index (χ2n) is 6.80. The summed E-state index contributed by atoms with van der Waals surface area (Å²) in [4.78, 5) is 22.4. The van der Waals surface area contributed by atoms with Gasteiger partial charge in [-0.2, -0.15) is 0 Å². The van der Waals surface area contributed by atoms with E-state index in [-0.39, 0.29) is 17.6 Å². The van der Waals surface area contributed by atoms with Gasteiger partial charge in [0.05, 0.1) is 16.6 Å². The van der Waals surface area contributed by atoms with E-state index in [9.17, 15) is 4.79 Å². The van der Waals surface area contributed by atoms with Crippen LogP contribution in [0.2, 0.25) is 0 Å². The van der Waals surface area contributed by atoms with Gasteiger partial charge in [-0.1, -0.05) is 0 Å². The van der Waals surface area contributed by atoms with Crippen molar-refractivity contribution in [2.75, 3.05) is 26.8 Å². The fourth-order valence-corrected chi connectivity index (χ4v) is 4.04. The predicted octanol–water partition coefficient (Wildman–Crippen LogP) is 2.28. The highest BCUT2D eigenvalue weighted by atomic mass is 16.5. The van der Waals surface area contributed by atoms with Crippen LogP contribution in [0.15, 0.2) is 18.2 Å². The molecule has 0 bridgehead atoms. The number of fused-ring (bicyclic) bond motifs is 1. The molecule has 2 aliphatic heterocycles. The van der Waals surface area contributed by atoms with E-state index in [1.54, 1.807) is 7.11 Å². The molecular weight excluding hydrogens is 306 g/mol. The maximum absolute atomic E-state index is 12.9. The summed E-state index contributed by atoms with van der Waals surface area (Å²) < 4.78 is 11.7. The Labute approximate surface area is 141 Å². The summed E-state index contributed by atoms with van der Waals surface area (Å²) in [5, 5.41) is 0. The van der Waals surface area contributed by atoms with E-state index in [0.29, 0.717) is 18.7 Å². The molecule has 1 aromatic carbocycles. The van der Waals surface area contributed by atoms with Crippen molar-refractivity contribution >= 4 is 16.9 Å². The number of carbonyl (C=O) groups excluding carboxylic acids is 1. The van der Waals surface area contributed by atoms with E-state index in [4.69, 9.17) is 9.47 Å². The Bertz CT molecular complexity index is 764. The average molecular weight is 329 g/mol. The first-order chi connectivity index (χ1) is 11.6. The molecule has 24 heavy (non-hydrogen) atoms. The number of ether oxygens (including phenoxy) is 2. The first-order valence-electron chi connectivity index (χ1n) is 8.54. The number of carbonyl (C=O) groups is 1. The molecular formula is C18H23N3O3. The first-order valence-corrected chi connectivity index (χ1v) is 8.54. The van der Waals surface area contributed by atoms with Crippen molar-refractivity contribution in [3.8, 4) is 0 Å². The lowest BCUT2D eigenvalue weighted by molar-refractivity contribution is -0.136. The van der Waals surface area contributed by atoms with Crippen LogP contribution in [0.4, 0.5) is 0 Å². The Kier molecular flexibility index (Phi) is 3.81. The van der Waals surface area contributed by atoms with Gasteiger partial charge in [-0.3, -0.25) is 4.79 Å². The number of methoxy groups -OCH3 is 1. The minimum Gasteiger partial charge on any atom is -0.377 e. The molecule has 4 rings (SSSR count). The molecule has 2 aliphatic rings. The van der Waals surface area contributed by atoms with Crippen molar-refractivity contribution in [3.63, 3.8) is 0 Å². The number of hydrogen-bond acceptors (Lipinski definition) is 4. The predicted molar refractivity (Wildman–Crippen MR) is 90.1 cm³/mol. The molecule has 128 valence electrons. The van der Waals surface area contributed by atoms with Crippen molar-refractivity contribution in [2.45, 2.75) is 37.9 Å². The van der Waals surface area contributed by atoms with E-state index >= 15 is 0 Å². The molecule has 2 fully saturated rings. The Balaban J connectivity index is 1.55. The van der Waals surface area contributed by atoms with Gasteiger partial charge in [-0.15, -0.1) is 0 Å². The molecule has 0 saturated carbocycles. The lowest BCUT2D eigenvalue weighted by Gasteiger charge is -2.44. The van der Waals surface area contributed by atoms with Crippen LogP contribution in [0.25, 0.3) is 11.0 Å². The third-order valence-corrected chi connectivity index (χ3v) is 5.33. The molecule has 2 aromatic rings. The topological polar surface area (TPSA) is 67.5 Å². The number of aryl methyl sites for hydroxylation is 1. The lowest BCUT2D eigenvalue weighted by atomic mass is 9.85. The van der Waals surface area contributed by atoms with E-state index in [2.05, 4.69) is 9.97 Å². The molecule has 6 nitrogen and oxygen atoms in total. The second kappa shape index (κ2) is 5.86. The standard InChI is InChI=1S/C18H23N3O3/c1-12-19-14-5-4-13(10-15(14)20-12)17(22)21-8-7-18(6-3-9-24-18)16(11-21)23-2/h4-5,10,16H,3,6-9,11H2,1-2H3,(H,19,20)/t16-,18-/m0/s1. The third kappa shape index (κ3) is 2.50. The quantitative estimate of drug-likeness (QED) is 0.918. The van der Waals surface area contributed by atoms with Gasteiger partial charge in [-0.05, 0) is 44.4 Å². The number of benzene rings is 1. The minimum atomic E-state index is -0.198. The molecule has 3 heterocycles. The number of aromatic amines is 1. The number of nitrogens with zero attached hydrogens (tertiary/aromatic N) is 2. The number of imidazole rings is 1. The van der Waals surface area contributed by atoms with Crippen molar-refractivity contribution in [2.24, 2.45) is 0 Å². The van der Waals surface area contributed by atoms with E-state index < -0.39 is 0 Å². The zero-order valence-electron chi connectivity index (χ0n) is 14.2. The highest BCUT2D eigenvalue weighted by Gasteiger charge is 2.47. The maximum Gasteiger partial charge on any atom is 0.254 e. The highest BCUT2D eigenvalue weighted by molar-refractivity contribution is 5.97.